The van der Waals surface area contributed by atoms with Crippen molar-refractivity contribution in [1.82, 2.24) is 13.9 Å². The molecule has 0 spiro atoms. The lowest BCUT2D eigenvalue weighted by molar-refractivity contribution is 0.0306. The first-order valence-corrected chi connectivity index (χ1v) is 14.2. The van der Waals surface area contributed by atoms with Crippen LogP contribution in [-0.4, -0.2) is 54.2 Å². The Kier molecular flexibility index (Phi) is 6.91. The number of carbonyl (C=O) groups excluding carboxylic acids is 1. The summed E-state index contributed by atoms with van der Waals surface area (Å²) in [7, 11) is -2.63. The second-order valence-electron chi connectivity index (χ2n) is 10.6. The number of hydrogen-bond donors (Lipinski definition) is 0. The van der Waals surface area contributed by atoms with Crippen molar-refractivity contribution in [2.75, 3.05) is 20.2 Å². The predicted molar refractivity (Wildman–Crippen MR) is 151 cm³/mol. The van der Waals surface area contributed by atoms with E-state index in [-0.39, 0.29) is 23.6 Å². The van der Waals surface area contributed by atoms with Gasteiger partial charge in [0.05, 0.1) is 24.2 Å². The third kappa shape index (κ3) is 5.06. The SMILES string of the molecule is COc1ccc(F)cc1-c1ccnc2c1cc(C1=CCN(C(=O)OC(C)(C)C)C1)n2S(=O)(=O)c1ccc(C)cc1. The molecule has 0 saturated heterocycles. The van der Waals surface area contributed by atoms with Crippen molar-refractivity contribution in [3.05, 3.63) is 83.9 Å². The average molecular weight is 564 g/mol. The molecule has 0 saturated carbocycles. The Morgan fingerprint density at radius 1 is 1.02 bits per heavy atom. The number of hydrogen-bond acceptors (Lipinski definition) is 6. The Morgan fingerprint density at radius 2 is 1.75 bits per heavy atom. The summed E-state index contributed by atoms with van der Waals surface area (Å²) in [6.45, 7) is 7.64. The Bertz CT molecular complexity index is 1750. The van der Waals surface area contributed by atoms with Crippen LogP contribution in [-0.2, 0) is 14.8 Å². The van der Waals surface area contributed by atoms with Crippen molar-refractivity contribution in [3.63, 3.8) is 0 Å². The third-order valence-corrected chi connectivity index (χ3v) is 8.29. The topological polar surface area (TPSA) is 90.7 Å². The van der Waals surface area contributed by atoms with E-state index in [2.05, 4.69) is 4.98 Å². The molecule has 2 aromatic heterocycles. The zero-order chi connectivity index (χ0) is 28.8. The van der Waals surface area contributed by atoms with Gasteiger partial charge in [0, 0.05) is 23.7 Å². The first-order valence-electron chi connectivity index (χ1n) is 12.7. The number of carbonyl (C=O) groups is 1. The van der Waals surface area contributed by atoms with Gasteiger partial charge in [-0.15, -0.1) is 0 Å². The molecular weight excluding hydrogens is 533 g/mol. The van der Waals surface area contributed by atoms with E-state index in [1.807, 2.05) is 13.0 Å². The molecule has 10 heteroatoms. The number of nitrogens with zero attached hydrogens (tertiary/aromatic N) is 3. The molecule has 0 aliphatic carbocycles. The van der Waals surface area contributed by atoms with Crippen LogP contribution in [0, 0.1) is 12.7 Å². The average Bonchev–Trinajstić information content (AvgIpc) is 3.53. The maximum absolute atomic E-state index is 14.3. The Balaban J connectivity index is 1.71. The van der Waals surface area contributed by atoms with Crippen molar-refractivity contribution in [1.29, 1.82) is 0 Å². The fourth-order valence-electron chi connectivity index (χ4n) is 4.69. The van der Waals surface area contributed by atoms with Gasteiger partial charge in [0.25, 0.3) is 10.0 Å². The Labute approximate surface area is 232 Å². The van der Waals surface area contributed by atoms with Crippen molar-refractivity contribution in [2.24, 2.45) is 0 Å². The minimum absolute atomic E-state index is 0.0926. The molecule has 40 heavy (non-hydrogen) atoms. The normalized spacial score (nSPS) is 13.9. The molecule has 0 unspecified atom stereocenters. The van der Waals surface area contributed by atoms with Gasteiger partial charge in [0.15, 0.2) is 5.65 Å². The number of rotatable bonds is 5. The van der Waals surface area contributed by atoms with E-state index in [1.165, 1.54) is 40.4 Å². The van der Waals surface area contributed by atoms with E-state index < -0.39 is 27.5 Å². The van der Waals surface area contributed by atoms with Gasteiger partial charge in [-0.2, -0.15) is 0 Å². The fraction of sp³-hybridized carbons (Fsp3) is 0.267. The van der Waals surface area contributed by atoms with Crippen molar-refractivity contribution < 1.29 is 27.1 Å². The summed E-state index contributed by atoms with van der Waals surface area (Å²) in [4.78, 5) is 18.8. The molecule has 0 fully saturated rings. The first kappa shape index (κ1) is 27.4. The van der Waals surface area contributed by atoms with Gasteiger partial charge in [0.2, 0.25) is 0 Å². The summed E-state index contributed by atoms with van der Waals surface area (Å²) in [5, 5.41) is 0.494. The van der Waals surface area contributed by atoms with E-state index in [1.54, 1.807) is 57.2 Å². The Morgan fingerprint density at radius 3 is 2.42 bits per heavy atom. The number of pyridine rings is 1. The third-order valence-electron chi connectivity index (χ3n) is 6.57. The molecule has 4 aromatic rings. The molecule has 8 nitrogen and oxygen atoms in total. The van der Waals surface area contributed by atoms with Crippen LogP contribution in [0.15, 0.2) is 71.8 Å². The van der Waals surface area contributed by atoms with Crippen LogP contribution in [0.25, 0.3) is 27.7 Å². The number of amides is 1. The van der Waals surface area contributed by atoms with Crippen LogP contribution in [0.4, 0.5) is 9.18 Å². The number of aromatic nitrogens is 2. The lowest BCUT2D eigenvalue weighted by atomic mass is 10.0. The van der Waals surface area contributed by atoms with Gasteiger partial charge in [-0.05, 0) is 81.3 Å². The fourth-order valence-corrected chi connectivity index (χ4v) is 6.18. The minimum Gasteiger partial charge on any atom is -0.496 e. The zero-order valence-electron chi connectivity index (χ0n) is 22.9. The van der Waals surface area contributed by atoms with Crippen LogP contribution in [0.3, 0.4) is 0 Å². The smallest absolute Gasteiger partial charge is 0.410 e. The number of halogens is 1. The van der Waals surface area contributed by atoms with Crippen LogP contribution in [0.5, 0.6) is 5.75 Å². The molecule has 1 amide bonds. The monoisotopic (exact) mass is 563 g/mol. The van der Waals surface area contributed by atoms with Crippen LogP contribution in [0.1, 0.15) is 32.0 Å². The molecule has 0 bridgehead atoms. The van der Waals surface area contributed by atoms with Gasteiger partial charge < -0.3 is 14.4 Å². The molecule has 5 rings (SSSR count). The van der Waals surface area contributed by atoms with Gasteiger partial charge in [-0.3, -0.25) is 0 Å². The number of methoxy groups -OCH3 is 1. The lowest BCUT2D eigenvalue weighted by Crippen LogP contribution is -2.35. The summed E-state index contributed by atoms with van der Waals surface area (Å²) in [6.07, 6.45) is 2.80. The Hall–Kier alpha value is -4.18. The maximum Gasteiger partial charge on any atom is 0.410 e. The molecule has 0 radical (unpaired) electrons. The zero-order valence-corrected chi connectivity index (χ0v) is 23.8. The number of aryl methyl sites for hydroxylation is 1. The van der Waals surface area contributed by atoms with Crippen LogP contribution < -0.4 is 4.74 Å². The van der Waals surface area contributed by atoms with Crippen molar-refractivity contribution in [2.45, 2.75) is 38.2 Å². The maximum atomic E-state index is 14.3. The lowest BCUT2D eigenvalue weighted by Gasteiger charge is -2.24. The van der Waals surface area contributed by atoms with E-state index >= 15 is 0 Å². The van der Waals surface area contributed by atoms with Crippen LogP contribution in [0.2, 0.25) is 0 Å². The predicted octanol–water partition coefficient (Wildman–Crippen LogP) is 6.03. The minimum atomic E-state index is -4.12. The summed E-state index contributed by atoms with van der Waals surface area (Å²) >= 11 is 0. The van der Waals surface area contributed by atoms with Gasteiger partial charge in [0.1, 0.15) is 17.2 Å². The van der Waals surface area contributed by atoms with Gasteiger partial charge in [-0.25, -0.2) is 26.6 Å². The van der Waals surface area contributed by atoms with Crippen molar-refractivity contribution >= 4 is 32.7 Å². The molecule has 3 heterocycles. The molecule has 0 N–H and O–H groups in total. The molecular formula is C30H30FN3O5S. The second-order valence-corrected chi connectivity index (χ2v) is 12.4. The van der Waals surface area contributed by atoms with Gasteiger partial charge in [-0.1, -0.05) is 23.8 Å². The summed E-state index contributed by atoms with van der Waals surface area (Å²) in [5.41, 5.74) is 2.42. The first-order chi connectivity index (χ1) is 18.9. The summed E-state index contributed by atoms with van der Waals surface area (Å²) < 4.78 is 54.8. The standard InChI is InChI=1S/C30H30FN3O5S/c1-19-6-9-22(10-7-19)40(36,37)34-26(20-13-15-33(18-20)29(35)39-30(2,3)4)17-25-23(12-14-32-28(25)34)24-16-21(31)8-11-27(24)38-5/h6-14,16-17H,15,18H2,1-5H3. The van der Waals surface area contributed by atoms with Gasteiger partial charge >= 0.3 is 6.09 Å². The second kappa shape index (κ2) is 10.1. The van der Waals surface area contributed by atoms with Crippen LogP contribution >= 0.6 is 0 Å². The summed E-state index contributed by atoms with van der Waals surface area (Å²) in [6, 6.07) is 14.1. The quantitative estimate of drug-likeness (QED) is 0.295. The summed E-state index contributed by atoms with van der Waals surface area (Å²) in [5.74, 6) is -0.0278. The number of ether oxygens (including phenoxy) is 2. The highest BCUT2D eigenvalue weighted by Gasteiger charge is 2.31. The highest BCUT2D eigenvalue weighted by atomic mass is 32.2. The largest absolute Gasteiger partial charge is 0.496 e. The number of fused-ring (bicyclic) bond motifs is 1. The van der Waals surface area contributed by atoms with Crippen molar-refractivity contribution in [3.8, 4) is 16.9 Å². The highest BCUT2D eigenvalue weighted by molar-refractivity contribution is 7.90. The molecule has 0 atom stereocenters. The highest BCUT2D eigenvalue weighted by Crippen LogP contribution is 2.39. The molecule has 1 aliphatic heterocycles. The molecule has 2 aromatic carbocycles. The van der Waals surface area contributed by atoms with E-state index in [0.29, 0.717) is 33.5 Å². The number of benzene rings is 2. The molecule has 208 valence electrons. The van der Waals surface area contributed by atoms with E-state index in [0.717, 1.165) is 5.56 Å². The van der Waals surface area contributed by atoms with E-state index in [4.69, 9.17) is 9.47 Å². The van der Waals surface area contributed by atoms with E-state index in [9.17, 15) is 17.6 Å². The molecule has 1 aliphatic rings.